The van der Waals surface area contributed by atoms with E-state index in [1.54, 1.807) is 12.1 Å². The maximum Gasteiger partial charge on any atom is 0.123 e. The van der Waals surface area contributed by atoms with Gasteiger partial charge >= 0.3 is 0 Å². The van der Waals surface area contributed by atoms with Gasteiger partial charge in [0.05, 0.1) is 0 Å². The molecule has 1 heterocycles. The summed E-state index contributed by atoms with van der Waals surface area (Å²) in [6.07, 6.45) is 2.46. The van der Waals surface area contributed by atoms with Crippen LogP contribution in [0.4, 0.5) is 10.1 Å². The van der Waals surface area contributed by atoms with Crippen LogP contribution in [0.2, 0.25) is 0 Å². The first kappa shape index (κ1) is 13.3. The molecular formula is C15H23FN2. The van der Waals surface area contributed by atoms with Gasteiger partial charge in [-0.3, -0.25) is 0 Å². The normalized spacial score (nSPS) is 23.1. The molecule has 1 unspecified atom stereocenters. The topological polar surface area (TPSA) is 15.3 Å². The van der Waals surface area contributed by atoms with E-state index in [1.165, 1.54) is 12.8 Å². The van der Waals surface area contributed by atoms with Crippen molar-refractivity contribution in [1.29, 1.82) is 0 Å². The van der Waals surface area contributed by atoms with E-state index in [2.05, 4.69) is 24.1 Å². The first-order chi connectivity index (χ1) is 8.55. The summed E-state index contributed by atoms with van der Waals surface area (Å²) >= 11 is 0. The first-order valence-corrected chi connectivity index (χ1v) is 6.73. The quantitative estimate of drug-likeness (QED) is 0.887. The van der Waals surface area contributed by atoms with Crippen molar-refractivity contribution in [3.8, 4) is 0 Å². The predicted molar refractivity (Wildman–Crippen MR) is 74.5 cm³/mol. The van der Waals surface area contributed by atoms with E-state index in [0.29, 0.717) is 5.92 Å². The van der Waals surface area contributed by atoms with E-state index in [0.717, 1.165) is 18.8 Å². The number of rotatable bonds is 3. The second-order valence-corrected chi connectivity index (χ2v) is 5.68. The summed E-state index contributed by atoms with van der Waals surface area (Å²) in [5.74, 6) is 0.460. The van der Waals surface area contributed by atoms with Gasteiger partial charge in [-0.1, -0.05) is 0 Å². The Kier molecular flexibility index (Phi) is 3.91. The van der Waals surface area contributed by atoms with Gasteiger partial charge < -0.3 is 10.2 Å². The molecule has 0 aliphatic carbocycles. The largest absolute Gasteiger partial charge is 0.366 e. The van der Waals surface area contributed by atoms with Crippen LogP contribution in [-0.2, 0) is 0 Å². The summed E-state index contributed by atoms with van der Waals surface area (Å²) in [4.78, 5) is 2.41. The molecule has 0 saturated carbocycles. The lowest BCUT2D eigenvalue weighted by Gasteiger charge is -2.49. The van der Waals surface area contributed by atoms with Gasteiger partial charge in [0.25, 0.3) is 0 Å². The van der Waals surface area contributed by atoms with Crippen molar-refractivity contribution >= 4 is 5.69 Å². The van der Waals surface area contributed by atoms with Crippen LogP contribution in [-0.4, -0.2) is 25.7 Å². The lowest BCUT2D eigenvalue weighted by molar-refractivity contribution is 0.234. The van der Waals surface area contributed by atoms with Crippen LogP contribution < -0.4 is 10.2 Å². The van der Waals surface area contributed by atoms with E-state index in [-0.39, 0.29) is 11.4 Å². The Morgan fingerprint density at radius 3 is 2.61 bits per heavy atom. The lowest BCUT2D eigenvalue weighted by Crippen LogP contribution is -2.55. The average molecular weight is 250 g/mol. The standard InChI is InChI=1S/C15H23FN2/c1-15(2)12(11-17-3)5-4-10-18(15)14-8-6-13(16)7-9-14/h6-9,12,17H,4-5,10-11H2,1-3H3. The molecule has 18 heavy (non-hydrogen) atoms. The minimum absolute atomic E-state index is 0.110. The molecule has 0 bridgehead atoms. The molecule has 3 heteroatoms. The highest BCUT2D eigenvalue weighted by atomic mass is 19.1. The lowest BCUT2D eigenvalue weighted by atomic mass is 9.78. The third-order valence-corrected chi connectivity index (χ3v) is 4.22. The van der Waals surface area contributed by atoms with Crippen LogP contribution in [0.25, 0.3) is 0 Å². The molecule has 1 fully saturated rings. The highest BCUT2D eigenvalue weighted by molar-refractivity contribution is 5.49. The molecule has 1 aliphatic rings. The van der Waals surface area contributed by atoms with Crippen molar-refractivity contribution in [2.24, 2.45) is 5.92 Å². The zero-order valence-electron chi connectivity index (χ0n) is 11.5. The maximum atomic E-state index is 13.0. The monoisotopic (exact) mass is 250 g/mol. The number of hydrogen-bond acceptors (Lipinski definition) is 2. The zero-order chi connectivity index (χ0) is 13.2. The number of anilines is 1. The molecular weight excluding hydrogens is 227 g/mol. The number of piperidine rings is 1. The summed E-state index contributed by atoms with van der Waals surface area (Å²) in [7, 11) is 2.01. The zero-order valence-corrected chi connectivity index (χ0v) is 11.5. The van der Waals surface area contributed by atoms with E-state index >= 15 is 0 Å². The molecule has 1 N–H and O–H groups in total. The SMILES string of the molecule is CNCC1CCCN(c2ccc(F)cc2)C1(C)C. The van der Waals surface area contributed by atoms with Crippen molar-refractivity contribution in [2.75, 3.05) is 25.0 Å². The van der Waals surface area contributed by atoms with Gasteiger partial charge in [-0.15, -0.1) is 0 Å². The molecule has 2 nitrogen and oxygen atoms in total. The highest BCUT2D eigenvalue weighted by Crippen LogP contribution is 2.36. The van der Waals surface area contributed by atoms with Gasteiger partial charge in [0.1, 0.15) is 5.82 Å². The number of benzene rings is 1. The summed E-state index contributed by atoms with van der Waals surface area (Å²) < 4.78 is 13.0. The molecule has 0 aromatic heterocycles. The van der Waals surface area contributed by atoms with Crippen LogP contribution in [0.3, 0.4) is 0 Å². The summed E-state index contributed by atoms with van der Waals surface area (Å²) in [6, 6.07) is 6.87. The van der Waals surface area contributed by atoms with Crippen molar-refractivity contribution in [2.45, 2.75) is 32.2 Å². The Hall–Kier alpha value is -1.09. The number of hydrogen-bond donors (Lipinski definition) is 1. The van der Waals surface area contributed by atoms with Gasteiger partial charge in [0, 0.05) is 17.8 Å². The molecule has 100 valence electrons. The predicted octanol–water partition coefficient (Wildman–Crippen LogP) is 3.04. The van der Waals surface area contributed by atoms with Gasteiger partial charge in [-0.2, -0.15) is 0 Å². The van der Waals surface area contributed by atoms with Crippen molar-refractivity contribution < 1.29 is 4.39 Å². The Morgan fingerprint density at radius 1 is 1.33 bits per heavy atom. The number of halogens is 1. The number of nitrogens with one attached hydrogen (secondary N) is 1. The summed E-state index contributed by atoms with van der Waals surface area (Å²) in [6.45, 7) is 6.67. The Labute approximate surface area is 109 Å². The van der Waals surface area contributed by atoms with Crippen LogP contribution in [0, 0.1) is 11.7 Å². The molecule has 1 aromatic rings. The second kappa shape index (κ2) is 5.27. The first-order valence-electron chi connectivity index (χ1n) is 6.73. The molecule has 1 aromatic carbocycles. The van der Waals surface area contributed by atoms with Gasteiger partial charge in [0.2, 0.25) is 0 Å². The minimum atomic E-state index is -0.166. The van der Waals surface area contributed by atoms with E-state index in [1.807, 2.05) is 19.2 Å². The molecule has 0 amide bonds. The van der Waals surface area contributed by atoms with Crippen molar-refractivity contribution in [3.05, 3.63) is 30.1 Å². The number of nitrogens with zero attached hydrogens (tertiary/aromatic N) is 1. The van der Waals surface area contributed by atoms with Gasteiger partial charge in [-0.25, -0.2) is 4.39 Å². The maximum absolute atomic E-state index is 13.0. The van der Waals surface area contributed by atoms with E-state index in [9.17, 15) is 4.39 Å². The highest BCUT2D eigenvalue weighted by Gasteiger charge is 2.37. The fraction of sp³-hybridized carbons (Fsp3) is 0.600. The second-order valence-electron chi connectivity index (χ2n) is 5.68. The van der Waals surface area contributed by atoms with Crippen LogP contribution >= 0.6 is 0 Å². The smallest absolute Gasteiger partial charge is 0.123 e. The fourth-order valence-electron chi connectivity index (χ4n) is 3.04. The molecule has 1 saturated heterocycles. The minimum Gasteiger partial charge on any atom is -0.366 e. The van der Waals surface area contributed by atoms with Gasteiger partial charge in [0.15, 0.2) is 0 Å². The molecule has 0 radical (unpaired) electrons. The Bertz CT molecular complexity index is 384. The van der Waals surface area contributed by atoms with Gasteiger partial charge in [-0.05, 0) is 70.5 Å². The summed E-state index contributed by atoms with van der Waals surface area (Å²) in [5.41, 5.74) is 1.24. The fourth-order valence-corrected chi connectivity index (χ4v) is 3.04. The van der Waals surface area contributed by atoms with Crippen LogP contribution in [0.5, 0.6) is 0 Å². The molecule has 1 aliphatic heterocycles. The summed E-state index contributed by atoms with van der Waals surface area (Å²) in [5, 5.41) is 3.29. The van der Waals surface area contributed by atoms with Crippen molar-refractivity contribution in [1.82, 2.24) is 5.32 Å². The Morgan fingerprint density at radius 2 is 2.00 bits per heavy atom. The molecule has 0 spiro atoms. The molecule has 1 atom stereocenters. The molecule has 2 rings (SSSR count). The van der Waals surface area contributed by atoms with E-state index < -0.39 is 0 Å². The van der Waals surface area contributed by atoms with Crippen molar-refractivity contribution in [3.63, 3.8) is 0 Å². The third kappa shape index (κ3) is 2.51. The Balaban J connectivity index is 2.23. The van der Waals surface area contributed by atoms with E-state index in [4.69, 9.17) is 0 Å². The third-order valence-electron chi connectivity index (χ3n) is 4.22. The van der Waals surface area contributed by atoms with Crippen LogP contribution in [0.1, 0.15) is 26.7 Å². The average Bonchev–Trinajstić information content (AvgIpc) is 2.33. The van der Waals surface area contributed by atoms with Crippen LogP contribution in [0.15, 0.2) is 24.3 Å².